The van der Waals surface area contributed by atoms with Gasteiger partial charge < -0.3 is 9.47 Å². The average molecular weight is 445 g/mol. The monoisotopic (exact) mass is 444 g/mol. The molecule has 1 rings (SSSR count). The second kappa shape index (κ2) is 21.6. The Labute approximate surface area is 196 Å². The number of ether oxygens (including phenoxy) is 2. The van der Waals surface area contributed by atoms with Gasteiger partial charge in [0.25, 0.3) is 0 Å². The average Bonchev–Trinajstić information content (AvgIpc) is 2.79. The third-order valence-corrected chi connectivity index (χ3v) is 4.34. The van der Waals surface area contributed by atoms with Gasteiger partial charge in [0, 0.05) is 11.1 Å². The normalized spacial score (nSPS) is 9.28. The Morgan fingerprint density at radius 3 is 1.84 bits per heavy atom. The van der Waals surface area contributed by atoms with E-state index in [4.69, 9.17) is 9.47 Å². The van der Waals surface area contributed by atoms with Gasteiger partial charge in [-0.2, -0.15) is 0 Å². The maximum Gasteiger partial charge on any atom is 0.333 e. The van der Waals surface area contributed by atoms with E-state index in [9.17, 15) is 9.59 Å². The summed E-state index contributed by atoms with van der Waals surface area (Å²) in [6.45, 7) is 21.6. The lowest BCUT2D eigenvalue weighted by atomic mass is 10.2. The van der Waals surface area contributed by atoms with E-state index in [1.165, 1.54) is 24.0 Å². The third-order valence-electron chi connectivity index (χ3n) is 4.34. The molecule has 4 heteroatoms. The van der Waals surface area contributed by atoms with Crippen LogP contribution in [-0.2, 0) is 19.1 Å². The number of unbranched alkanes of at least 4 members (excludes halogenated alkanes) is 4. The van der Waals surface area contributed by atoms with Crippen LogP contribution in [0.4, 0.5) is 0 Å². The number of aryl methyl sites for hydroxylation is 1. The van der Waals surface area contributed by atoms with Gasteiger partial charge in [0.15, 0.2) is 0 Å². The molecule has 0 aromatic heterocycles. The second-order valence-electron chi connectivity index (χ2n) is 7.54. The molecule has 0 heterocycles. The van der Waals surface area contributed by atoms with E-state index in [0.29, 0.717) is 30.8 Å². The lowest BCUT2D eigenvalue weighted by molar-refractivity contribution is -0.140. The van der Waals surface area contributed by atoms with Gasteiger partial charge in [-0.3, -0.25) is 0 Å². The molecule has 0 saturated carbocycles. The van der Waals surface area contributed by atoms with Crippen molar-refractivity contribution < 1.29 is 19.1 Å². The van der Waals surface area contributed by atoms with Crippen LogP contribution in [0, 0.1) is 6.92 Å². The molecule has 32 heavy (non-hydrogen) atoms. The van der Waals surface area contributed by atoms with Crippen molar-refractivity contribution in [3.8, 4) is 0 Å². The van der Waals surface area contributed by atoms with Crippen LogP contribution in [0.25, 0.3) is 6.08 Å². The smallest absolute Gasteiger partial charge is 0.333 e. The first kappa shape index (κ1) is 31.6. The second-order valence-corrected chi connectivity index (χ2v) is 7.54. The zero-order valence-electron chi connectivity index (χ0n) is 21.0. The summed E-state index contributed by atoms with van der Waals surface area (Å²) in [5, 5.41) is 0. The lowest BCUT2D eigenvalue weighted by Gasteiger charge is -2.04. The summed E-state index contributed by atoms with van der Waals surface area (Å²) in [4.78, 5) is 21.8. The molecule has 0 bridgehead atoms. The Hall–Kier alpha value is -2.62. The zero-order valence-corrected chi connectivity index (χ0v) is 21.0. The van der Waals surface area contributed by atoms with Gasteiger partial charge in [-0.25, -0.2) is 9.59 Å². The molecule has 0 unspecified atom stereocenters. The summed E-state index contributed by atoms with van der Waals surface area (Å²) in [5.74, 6) is -0.521. The number of esters is 2. The maximum atomic E-state index is 11.1. The van der Waals surface area contributed by atoms with Crippen molar-refractivity contribution in [3.63, 3.8) is 0 Å². The highest BCUT2D eigenvalue weighted by atomic mass is 16.5. The van der Waals surface area contributed by atoms with Gasteiger partial charge in [-0.15, -0.1) is 0 Å². The van der Waals surface area contributed by atoms with E-state index in [1.807, 2.05) is 13.0 Å². The molecule has 4 nitrogen and oxygen atoms in total. The molecule has 0 N–H and O–H groups in total. The molecule has 0 aliphatic rings. The number of rotatable bonds is 12. The van der Waals surface area contributed by atoms with Crippen molar-refractivity contribution in [1.29, 1.82) is 0 Å². The number of carbonyl (C=O) groups is 2. The largest absolute Gasteiger partial charge is 0.462 e. The minimum absolute atomic E-state index is 0.237. The van der Waals surface area contributed by atoms with Crippen LogP contribution >= 0.6 is 0 Å². The number of carbonyl (C=O) groups excluding carboxylic acids is 2. The van der Waals surface area contributed by atoms with Gasteiger partial charge in [-0.05, 0) is 38.7 Å². The molecule has 0 fully saturated rings. The Morgan fingerprint density at radius 2 is 1.38 bits per heavy atom. The molecule has 0 atom stereocenters. The number of benzene rings is 1. The highest BCUT2D eigenvalue weighted by Gasteiger charge is 2.04. The van der Waals surface area contributed by atoms with Crippen LogP contribution in [0.15, 0.2) is 55.1 Å². The summed E-state index contributed by atoms with van der Waals surface area (Å²) in [6, 6.07) is 8.28. The highest BCUT2D eigenvalue weighted by molar-refractivity contribution is 5.87. The van der Waals surface area contributed by atoms with E-state index in [-0.39, 0.29) is 11.9 Å². The zero-order chi connectivity index (χ0) is 24.8. The quantitative estimate of drug-likeness (QED) is 0.189. The molecule has 0 radical (unpaired) electrons. The molecule has 1 aromatic carbocycles. The van der Waals surface area contributed by atoms with Crippen molar-refractivity contribution in [2.75, 3.05) is 13.2 Å². The van der Waals surface area contributed by atoms with Gasteiger partial charge in [-0.1, -0.05) is 102 Å². The van der Waals surface area contributed by atoms with E-state index < -0.39 is 0 Å². The number of hydrogen-bond donors (Lipinski definition) is 0. The van der Waals surface area contributed by atoms with E-state index in [0.717, 1.165) is 25.7 Å². The molecule has 0 saturated heterocycles. The SMILES string of the molecule is C=C(C)C(=O)OCCCC.C=C(CC)C(=O)OCCCCCC.C=Cc1ccc(C)cc1. The summed E-state index contributed by atoms with van der Waals surface area (Å²) in [5.41, 5.74) is 3.51. The van der Waals surface area contributed by atoms with Gasteiger partial charge >= 0.3 is 11.9 Å². The van der Waals surface area contributed by atoms with Crippen LogP contribution < -0.4 is 0 Å². The van der Waals surface area contributed by atoms with Crippen LogP contribution in [0.1, 0.15) is 83.8 Å². The predicted octanol–water partition coefficient (Wildman–Crippen LogP) is 7.62. The Bertz CT molecular complexity index is 671. The summed E-state index contributed by atoms with van der Waals surface area (Å²) >= 11 is 0. The van der Waals surface area contributed by atoms with Crippen molar-refractivity contribution in [3.05, 3.63) is 66.3 Å². The van der Waals surface area contributed by atoms with Gasteiger partial charge in [0.2, 0.25) is 0 Å². The molecule has 0 amide bonds. The first-order valence-corrected chi connectivity index (χ1v) is 11.6. The summed E-state index contributed by atoms with van der Waals surface area (Å²) in [6.07, 6.45) is 9.02. The molecular weight excluding hydrogens is 400 g/mol. The van der Waals surface area contributed by atoms with Crippen molar-refractivity contribution in [2.24, 2.45) is 0 Å². The van der Waals surface area contributed by atoms with Crippen LogP contribution in [0.5, 0.6) is 0 Å². The highest BCUT2D eigenvalue weighted by Crippen LogP contribution is 2.04. The van der Waals surface area contributed by atoms with E-state index >= 15 is 0 Å². The van der Waals surface area contributed by atoms with Gasteiger partial charge in [0.05, 0.1) is 13.2 Å². The summed E-state index contributed by atoms with van der Waals surface area (Å²) in [7, 11) is 0. The van der Waals surface area contributed by atoms with E-state index in [2.05, 4.69) is 64.8 Å². The minimum Gasteiger partial charge on any atom is -0.462 e. The van der Waals surface area contributed by atoms with Crippen LogP contribution in [0.3, 0.4) is 0 Å². The topological polar surface area (TPSA) is 52.6 Å². The van der Waals surface area contributed by atoms with Crippen molar-refractivity contribution in [1.82, 2.24) is 0 Å². The first-order valence-electron chi connectivity index (χ1n) is 11.6. The van der Waals surface area contributed by atoms with Crippen LogP contribution in [0.2, 0.25) is 0 Å². The van der Waals surface area contributed by atoms with Crippen LogP contribution in [-0.4, -0.2) is 25.2 Å². The molecule has 0 aliphatic heterocycles. The first-order chi connectivity index (χ1) is 15.2. The van der Waals surface area contributed by atoms with Crippen molar-refractivity contribution in [2.45, 2.75) is 79.6 Å². The third kappa shape index (κ3) is 19.3. The van der Waals surface area contributed by atoms with Crippen molar-refractivity contribution >= 4 is 18.0 Å². The fourth-order valence-corrected chi connectivity index (χ4v) is 2.08. The molecule has 0 aliphatic carbocycles. The standard InChI is InChI=1S/C11H20O2.C9H10.C8H14O2/c1-4-6-7-8-9-13-11(12)10(3)5-2;1-3-9-6-4-8(2)5-7-9;1-4-5-6-10-8(9)7(2)3/h3-9H2,1-2H3;3-7H,1H2,2H3;2,4-6H2,1,3H3. The molecular formula is C28H44O4. The fraction of sp³-hybridized carbons (Fsp3) is 0.500. The number of hydrogen-bond acceptors (Lipinski definition) is 4. The maximum absolute atomic E-state index is 11.1. The Balaban J connectivity index is 0. The molecule has 0 spiro atoms. The Kier molecular flexibility index (Phi) is 21.3. The minimum atomic E-state index is -0.284. The van der Waals surface area contributed by atoms with E-state index in [1.54, 1.807) is 6.92 Å². The predicted molar refractivity (Wildman–Crippen MR) is 136 cm³/mol. The molecule has 180 valence electrons. The molecule has 1 aromatic rings. The Morgan fingerprint density at radius 1 is 0.844 bits per heavy atom. The summed E-state index contributed by atoms with van der Waals surface area (Å²) < 4.78 is 9.81. The van der Waals surface area contributed by atoms with Gasteiger partial charge in [0.1, 0.15) is 0 Å². The fourth-order valence-electron chi connectivity index (χ4n) is 2.08. The lowest BCUT2D eigenvalue weighted by Crippen LogP contribution is -2.07.